The van der Waals surface area contributed by atoms with Gasteiger partial charge in [-0.2, -0.15) is 0 Å². The Morgan fingerprint density at radius 3 is 2.92 bits per heavy atom. The van der Waals surface area contributed by atoms with E-state index >= 15 is 0 Å². The van der Waals surface area contributed by atoms with Crippen molar-refractivity contribution in [1.29, 1.82) is 0 Å². The number of methoxy groups -OCH3 is 1. The molecule has 0 spiro atoms. The number of aromatic hydroxyl groups is 1. The number of hydrogen-bond donors (Lipinski definition) is 1. The highest BCUT2D eigenvalue weighted by Gasteiger charge is 2.32. The summed E-state index contributed by atoms with van der Waals surface area (Å²) in [6.45, 7) is 2.44. The molecule has 2 aromatic rings. The van der Waals surface area contributed by atoms with E-state index in [2.05, 4.69) is 9.98 Å². The molecular formula is C18H17N3O3S. The van der Waals surface area contributed by atoms with Crippen LogP contribution >= 0.6 is 11.8 Å². The van der Waals surface area contributed by atoms with Crippen LogP contribution < -0.4 is 4.74 Å². The summed E-state index contributed by atoms with van der Waals surface area (Å²) in [6.07, 6.45) is 5.10. The molecule has 128 valence electrons. The zero-order valence-electron chi connectivity index (χ0n) is 13.8. The van der Waals surface area contributed by atoms with Gasteiger partial charge in [-0.05, 0) is 54.6 Å². The van der Waals surface area contributed by atoms with E-state index in [1.165, 1.54) is 24.9 Å². The first-order chi connectivity index (χ1) is 12.1. The second-order valence-electron chi connectivity index (χ2n) is 5.20. The SMILES string of the molecule is CCN1C(=O)/C(=C/c2ccc(O)c(OC)c2)SC1=Nc1cccnc1. The smallest absolute Gasteiger partial charge is 0.266 e. The first-order valence-corrected chi connectivity index (χ1v) is 8.51. The van der Waals surface area contributed by atoms with E-state index in [9.17, 15) is 9.90 Å². The highest BCUT2D eigenvalue weighted by atomic mass is 32.2. The monoisotopic (exact) mass is 355 g/mol. The van der Waals surface area contributed by atoms with E-state index in [4.69, 9.17) is 4.74 Å². The number of carbonyl (C=O) groups is 1. The molecule has 1 aromatic heterocycles. The van der Waals surface area contributed by atoms with Gasteiger partial charge in [0.15, 0.2) is 16.7 Å². The van der Waals surface area contributed by atoms with Gasteiger partial charge in [0.1, 0.15) is 0 Å². The van der Waals surface area contributed by atoms with Gasteiger partial charge in [0, 0.05) is 12.7 Å². The average Bonchev–Trinajstić information content (AvgIpc) is 2.92. The number of thioether (sulfide) groups is 1. The molecule has 1 aliphatic rings. The topological polar surface area (TPSA) is 75.0 Å². The lowest BCUT2D eigenvalue weighted by atomic mass is 10.2. The first-order valence-electron chi connectivity index (χ1n) is 7.69. The van der Waals surface area contributed by atoms with Gasteiger partial charge in [0.2, 0.25) is 0 Å². The van der Waals surface area contributed by atoms with Crippen LogP contribution in [-0.4, -0.2) is 39.7 Å². The largest absolute Gasteiger partial charge is 0.504 e. The number of likely N-dealkylation sites (N-methyl/N-ethyl adjacent to an activating group) is 1. The lowest BCUT2D eigenvalue weighted by Gasteiger charge is -2.11. The number of benzene rings is 1. The number of hydrogen-bond acceptors (Lipinski definition) is 6. The van der Waals surface area contributed by atoms with E-state index in [1.54, 1.807) is 41.6 Å². The summed E-state index contributed by atoms with van der Waals surface area (Å²) in [5, 5.41) is 10.3. The summed E-state index contributed by atoms with van der Waals surface area (Å²) >= 11 is 1.32. The molecule has 25 heavy (non-hydrogen) atoms. The standard InChI is InChI=1S/C18H17N3O3S/c1-3-21-17(23)16(10-12-6-7-14(22)15(9-12)24-2)25-18(21)20-13-5-4-8-19-11-13/h4-11,22H,3H2,1-2H3/b16-10-,20-18?. The number of nitrogens with zero attached hydrogens (tertiary/aromatic N) is 3. The summed E-state index contributed by atoms with van der Waals surface area (Å²) in [5.74, 6) is 0.327. The predicted octanol–water partition coefficient (Wildman–Crippen LogP) is 3.42. The fourth-order valence-corrected chi connectivity index (χ4v) is 3.40. The van der Waals surface area contributed by atoms with Gasteiger partial charge in [-0.3, -0.25) is 14.7 Å². The van der Waals surface area contributed by atoms with Crippen LogP contribution in [0.3, 0.4) is 0 Å². The van der Waals surface area contributed by atoms with Crippen molar-refractivity contribution in [1.82, 2.24) is 9.88 Å². The Morgan fingerprint density at radius 1 is 1.40 bits per heavy atom. The van der Waals surface area contributed by atoms with Crippen LogP contribution in [0.2, 0.25) is 0 Å². The zero-order chi connectivity index (χ0) is 17.8. The lowest BCUT2D eigenvalue weighted by Crippen LogP contribution is -2.28. The minimum Gasteiger partial charge on any atom is -0.504 e. The fraction of sp³-hybridized carbons (Fsp3) is 0.167. The molecule has 1 N–H and O–H groups in total. The number of pyridine rings is 1. The van der Waals surface area contributed by atoms with Gasteiger partial charge in [0.05, 0.1) is 23.9 Å². The molecule has 1 saturated heterocycles. The zero-order valence-corrected chi connectivity index (χ0v) is 14.7. The van der Waals surface area contributed by atoms with Crippen molar-refractivity contribution in [3.63, 3.8) is 0 Å². The second kappa shape index (κ2) is 7.40. The molecule has 2 heterocycles. The van der Waals surface area contributed by atoms with E-state index in [0.717, 1.165) is 5.56 Å². The molecule has 7 heteroatoms. The van der Waals surface area contributed by atoms with Crippen molar-refractivity contribution in [3.8, 4) is 11.5 Å². The third-order valence-corrected chi connectivity index (χ3v) is 4.58. The molecule has 1 aliphatic heterocycles. The molecule has 0 saturated carbocycles. The highest BCUT2D eigenvalue weighted by molar-refractivity contribution is 8.18. The molecule has 0 unspecified atom stereocenters. The number of phenolic OH excluding ortho intramolecular Hbond substituents is 1. The molecule has 1 amide bonds. The fourth-order valence-electron chi connectivity index (χ4n) is 2.34. The molecule has 0 atom stereocenters. The molecule has 0 aliphatic carbocycles. The Bertz CT molecular complexity index is 850. The molecule has 3 rings (SSSR count). The number of phenols is 1. The number of aliphatic imine (C=N–C) groups is 1. The van der Waals surface area contributed by atoms with Crippen molar-refractivity contribution in [2.45, 2.75) is 6.92 Å². The molecule has 0 bridgehead atoms. The molecule has 1 fully saturated rings. The van der Waals surface area contributed by atoms with Gasteiger partial charge < -0.3 is 9.84 Å². The normalized spacial score (nSPS) is 17.5. The summed E-state index contributed by atoms with van der Waals surface area (Å²) < 4.78 is 5.11. The number of carbonyl (C=O) groups excluding carboxylic acids is 1. The summed E-state index contributed by atoms with van der Waals surface area (Å²) in [4.78, 5) is 23.4. The van der Waals surface area contributed by atoms with Gasteiger partial charge in [-0.25, -0.2) is 4.99 Å². The van der Waals surface area contributed by atoms with E-state index in [1.807, 2.05) is 13.0 Å². The number of amidine groups is 1. The predicted molar refractivity (Wildman–Crippen MR) is 98.9 cm³/mol. The quantitative estimate of drug-likeness (QED) is 0.851. The number of amides is 1. The minimum absolute atomic E-state index is 0.0593. The highest BCUT2D eigenvalue weighted by Crippen LogP contribution is 2.35. The van der Waals surface area contributed by atoms with Crippen LogP contribution in [0.15, 0.2) is 52.6 Å². The molecular weight excluding hydrogens is 338 g/mol. The lowest BCUT2D eigenvalue weighted by molar-refractivity contribution is -0.122. The average molecular weight is 355 g/mol. The first kappa shape index (κ1) is 17.0. The number of ether oxygens (including phenoxy) is 1. The second-order valence-corrected chi connectivity index (χ2v) is 6.21. The molecule has 6 nitrogen and oxygen atoms in total. The summed E-state index contributed by atoms with van der Waals surface area (Å²) in [7, 11) is 1.49. The van der Waals surface area contributed by atoms with Gasteiger partial charge in [0.25, 0.3) is 5.91 Å². The Kier molecular flexibility index (Phi) is 5.04. The van der Waals surface area contributed by atoms with Crippen LogP contribution in [0.25, 0.3) is 6.08 Å². The Hall–Kier alpha value is -2.80. The van der Waals surface area contributed by atoms with Crippen molar-refractivity contribution in [3.05, 3.63) is 53.2 Å². The third-order valence-electron chi connectivity index (χ3n) is 3.58. The van der Waals surface area contributed by atoms with Gasteiger partial charge >= 0.3 is 0 Å². The van der Waals surface area contributed by atoms with Gasteiger partial charge in [-0.1, -0.05) is 6.07 Å². The van der Waals surface area contributed by atoms with Crippen molar-refractivity contribution in [2.24, 2.45) is 4.99 Å². The Morgan fingerprint density at radius 2 is 2.24 bits per heavy atom. The van der Waals surface area contributed by atoms with Crippen molar-refractivity contribution < 1.29 is 14.6 Å². The van der Waals surface area contributed by atoms with E-state index in [0.29, 0.717) is 28.1 Å². The maximum Gasteiger partial charge on any atom is 0.266 e. The van der Waals surface area contributed by atoms with E-state index in [-0.39, 0.29) is 11.7 Å². The number of aromatic nitrogens is 1. The minimum atomic E-state index is -0.0952. The van der Waals surface area contributed by atoms with Crippen molar-refractivity contribution in [2.75, 3.05) is 13.7 Å². The van der Waals surface area contributed by atoms with Crippen LogP contribution in [-0.2, 0) is 4.79 Å². The summed E-state index contributed by atoms with van der Waals surface area (Å²) in [5.41, 5.74) is 1.47. The maximum absolute atomic E-state index is 12.6. The van der Waals surface area contributed by atoms with Crippen LogP contribution in [0.5, 0.6) is 11.5 Å². The maximum atomic E-state index is 12.6. The summed E-state index contributed by atoms with van der Waals surface area (Å²) in [6, 6.07) is 8.59. The van der Waals surface area contributed by atoms with Crippen LogP contribution in [0, 0.1) is 0 Å². The van der Waals surface area contributed by atoms with Crippen LogP contribution in [0.1, 0.15) is 12.5 Å². The molecule has 0 radical (unpaired) electrons. The van der Waals surface area contributed by atoms with Crippen LogP contribution in [0.4, 0.5) is 5.69 Å². The number of rotatable bonds is 4. The van der Waals surface area contributed by atoms with E-state index < -0.39 is 0 Å². The Balaban J connectivity index is 1.93. The molecule has 1 aromatic carbocycles. The Labute approximate surface area is 149 Å². The van der Waals surface area contributed by atoms with Gasteiger partial charge in [-0.15, -0.1) is 0 Å². The third kappa shape index (κ3) is 3.66. The van der Waals surface area contributed by atoms with Crippen molar-refractivity contribution >= 4 is 34.6 Å².